The summed E-state index contributed by atoms with van der Waals surface area (Å²) >= 11 is 0. The van der Waals surface area contributed by atoms with Crippen molar-refractivity contribution in [2.75, 3.05) is 0 Å². The van der Waals surface area contributed by atoms with Crippen LogP contribution in [0.3, 0.4) is 0 Å². The Balaban J connectivity index is 1.26. The Hall–Kier alpha value is -4.16. The Bertz CT molecular complexity index is 1610. The quantitative estimate of drug-likeness (QED) is 0.515. The van der Waals surface area contributed by atoms with Crippen molar-refractivity contribution in [3.8, 4) is 11.5 Å². The fourth-order valence-electron chi connectivity index (χ4n) is 6.90. The van der Waals surface area contributed by atoms with Crippen LogP contribution in [0.15, 0.2) is 134 Å². The smallest absolute Gasteiger partial charge is 0.380 e. The summed E-state index contributed by atoms with van der Waals surface area (Å²) in [5.41, 5.74) is 2.32. The molecule has 0 atom stereocenters. The van der Waals surface area contributed by atoms with Gasteiger partial charge in [-0.3, -0.25) is 0 Å². The first kappa shape index (κ1) is 23.7. The molecule has 190 valence electrons. The third kappa shape index (κ3) is 3.45. The number of para-hydroxylation sites is 2. The minimum atomic E-state index is -1.91. The lowest BCUT2D eigenvalue weighted by Gasteiger charge is -2.53. The first-order valence-electron chi connectivity index (χ1n) is 14.1. The molecule has 0 amide bonds. The van der Waals surface area contributed by atoms with Crippen LogP contribution in [0.5, 0.6) is 11.5 Å². The molecule has 6 heterocycles. The van der Waals surface area contributed by atoms with Crippen LogP contribution in [0.2, 0.25) is 13.1 Å². The van der Waals surface area contributed by atoms with E-state index in [1.54, 1.807) is 0 Å². The van der Waals surface area contributed by atoms with Gasteiger partial charge in [-0.1, -0.05) is 97.7 Å². The van der Waals surface area contributed by atoms with Crippen molar-refractivity contribution < 1.29 is 4.74 Å². The molecule has 6 aliphatic rings. The van der Waals surface area contributed by atoms with E-state index in [2.05, 4.69) is 166 Å². The lowest BCUT2D eigenvalue weighted by atomic mass is 9.41. The molecule has 0 saturated carbocycles. The molecule has 6 aliphatic heterocycles. The summed E-state index contributed by atoms with van der Waals surface area (Å²) in [6, 6.07) is 15.3. The van der Waals surface area contributed by atoms with E-state index in [-0.39, 0.29) is 27.9 Å². The number of nitrogens with zero attached hydrogens (tertiary/aromatic N) is 4. The minimum absolute atomic E-state index is 0.0471. The van der Waals surface area contributed by atoms with Crippen molar-refractivity contribution in [3.63, 3.8) is 0 Å². The molecular formula is C30H28B4N4OSi. The van der Waals surface area contributed by atoms with E-state index in [4.69, 9.17) is 4.74 Å². The van der Waals surface area contributed by atoms with E-state index >= 15 is 0 Å². The van der Waals surface area contributed by atoms with E-state index in [0.29, 0.717) is 0 Å². The van der Waals surface area contributed by atoms with Crippen LogP contribution >= 0.6 is 0 Å². The maximum absolute atomic E-state index is 6.69. The van der Waals surface area contributed by atoms with E-state index in [9.17, 15) is 0 Å². The Morgan fingerprint density at radius 2 is 1.18 bits per heavy atom. The van der Waals surface area contributed by atoms with Gasteiger partial charge in [0, 0.05) is 5.56 Å². The second kappa shape index (κ2) is 8.93. The molecule has 5 nitrogen and oxygen atoms in total. The normalized spacial score (nSPS) is 20.7. The van der Waals surface area contributed by atoms with Crippen LogP contribution in [0.1, 0.15) is 5.56 Å². The number of benzene rings is 2. The van der Waals surface area contributed by atoms with Crippen molar-refractivity contribution in [2.45, 2.75) is 13.1 Å². The van der Waals surface area contributed by atoms with Crippen molar-refractivity contribution in [1.29, 1.82) is 0 Å². The number of hydrogen-bond donors (Lipinski definition) is 0. The standard InChI is InChI=1S/C30H28B4N4OSi/c1-40(2)28-14-4-3-13-27(28)39-30-26(12-11-15-29(30)40)25-16-20-34-37-23-9-6-18-32(37)35-21-8-5-17-31(35)36-22-10-7-19-33(36)38(34)24-25/h3-24H,1-2H3. The third-order valence-corrected chi connectivity index (χ3v) is 12.4. The Labute approximate surface area is 239 Å². The summed E-state index contributed by atoms with van der Waals surface area (Å²) in [4.78, 5) is 0. The zero-order valence-electron chi connectivity index (χ0n) is 22.7. The molecule has 0 aromatic heterocycles. The van der Waals surface area contributed by atoms with Crippen molar-refractivity contribution in [2.24, 2.45) is 0 Å². The average molecular weight is 532 g/mol. The fraction of sp³-hybridized carbons (Fsp3) is 0.0667. The monoisotopic (exact) mass is 532 g/mol. The molecule has 10 heteroatoms. The number of rotatable bonds is 1. The highest BCUT2D eigenvalue weighted by Gasteiger charge is 2.50. The molecule has 1 fully saturated rings. The summed E-state index contributed by atoms with van der Waals surface area (Å²) in [5, 5.41) is 2.72. The van der Waals surface area contributed by atoms with Crippen LogP contribution < -0.4 is 15.1 Å². The van der Waals surface area contributed by atoms with Gasteiger partial charge < -0.3 is 23.6 Å². The number of fused-ring (bicyclic) bond motifs is 10. The highest BCUT2D eigenvalue weighted by molar-refractivity contribution is 7.01. The van der Waals surface area contributed by atoms with Gasteiger partial charge in [-0.25, -0.2) is 0 Å². The molecule has 40 heavy (non-hydrogen) atoms. The van der Waals surface area contributed by atoms with Gasteiger partial charge in [0.2, 0.25) is 0 Å². The molecule has 0 bridgehead atoms. The molecule has 8 rings (SSSR count). The van der Waals surface area contributed by atoms with Gasteiger partial charge in [0.25, 0.3) is 0 Å². The molecule has 0 radical (unpaired) electrons. The molecule has 2 aromatic carbocycles. The summed E-state index contributed by atoms with van der Waals surface area (Å²) in [7, 11) is -1.91. The second-order valence-corrected chi connectivity index (χ2v) is 15.8. The predicted octanol–water partition coefficient (Wildman–Crippen LogP) is 4.11. The van der Waals surface area contributed by atoms with Crippen LogP contribution in [0.4, 0.5) is 0 Å². The Morgan fingerprint density at radius 1 is 0.600 bits per heavy atom. The Morgan fingerprint density at radius 3 is 1.85 bits per heavy atom. The summed E-state index contributed by atoms with van der Waals surface area (Å²) < 4.78 is 16.5. The fourth-order valence-corrected chi connectivity index (χ4v) is 9.72. The van der Waals surface area contributed by atoms with Gasteiger partial charge in [0.15, 0.2) is 0 Å². The minimum Gasteiger partial charge on any atom is -0.457 e. The second-order valence-electron chi connectivity index (χ2n) is 11.5. The highest BCUT2D eigenvalue weighted by atomic mass is 28.3. The lowest BCUT2D eigenvalue weighted by molar-refractivity contribution is 0.485. The first-order chi connectivity index (χ1) is 19.6. The molecule has 0 spiro atoms. The van der Waals surface area contributed by atoms with E-state index in [1.807, 2.05) is 0 Å². The van der Waals surface area contributed by atoms with Crippen LogP contribution in [0.25, 0.3) is 5.57 Å². The molecule has 0 aliphatic carbocycles. The van der Waals surface area contributed by atoms with Gasteiger partial charge in [-0.05, 0) is 65.0 Å². The third-order valence-electron chi connectivity index (χ3n) is 8.91. The van der Waals surface area contributed by atoms with Crippen molar-refractivity contribution in [3.05, 3.63) is 139 Å². The van der Waals surface area contributed by atoms with Gasteiger partial charge in [-0.2, -0.15) is 0 Å². The topological polar surface area (TPSA) is 22.2 Å². The van der Waals surface area contributed by atoms with Crippen LogP contribution in [0, 0.1) is 0 Å². The van der Waals surface area contributed by atoms with Gasteiger partial charge >= 0.3 is 27.9 Å². The largest absolute Gasteiger partial charge is 0.457 e. The molecule has 0 unspecified atom stereocenters. The van der Waals surface area contributed by atoms with E-state index in [0.717, 1.165) is 17.1 Å². The SMILES string of the molecule is C[Si]1(C)c2ccccc2Oc2c(C3=CN4B5C=CC=CN5B5C=CC=CN5B5C=CC=CN5B4C=C3)cccc21. The summed E-state index contributed by atoms with van der Waals surface area (Å²) in [6.07, 6.45) is 24.2. The van der Waals surface area contributed by atoms with Gasteiger partial charge in [-0.15, -0.1) is 0 Å². The first-order valence-corrected chi connectivity index (χ1v) is 17.1. The predicted molar refractivity (Wildman–Crippen MR) is 172 cm³/mol. The van der Waals surface area contributed by atoms with E-state index in [1.165, 1.54) is 15.9 Å². The number of ether oxygens (including phenoxy) is 1. The maximum atomic E-state index is 6.69. The van der Waals surface area contributed by atoms with Crippen molar-refractivity contribution in [1.82, 2.24) is 18.9 Å². The maximum Gasteiger partial charge on any atom is 0.380 e. The lowest BCUT2D eigenvalue weighted by Crippen LogP contribution is -2.73. The zero-order chi connectivity index (χ0) is 26.8. The van der Waals surface area contributed by atoms with Crippen molar-refractivity contribution >= 4 is 52.0 Å². The summed E-state index contributed by atoms with van der Waals surface area (Å²) in [5.74, 6) is 11.2. The van der Waals surface area contributed by atoms with Crippen LogP contribution in [-0.2, 0) is 0 Å². The van der Waals surface area contributed by atoms with Gasteiger partial charge in [0.05, 0.1) is 0 Å². The molecule has 1 saturated heterocycles. The zero-order valence-corrected chi connectivity index (χ0v) is 23.7. The van der Waals surface area contributed by atoms with E-state index < -0.39 is 8.07 Å². The highest BCUT2D eigenvalue weighted by Crippen LogP contribution is 2.38. The summed E-state index contributed by atoms with van der Waals surface area (Å²) in [6.45, 7) is 5.15. The average Bonchev–Trinajstić information content (AvgIpc) is 3.00. The molecule has 2 aromatic rings. The molecular weight excluding hydrogens is 504 g/mol. The van der Waals surface area contributed by atoms with Gasteiger partial charge in [0.1, 0.15) is 19.6 Å². The number of allylic oxidation sites excluding steroid dienone is 8. The Kier molecular flexibility index (Phi) is 5.29. The van der Waals surface area contributed by atoms with Crippen LogP contribution in [-0.4, -0.2) is 54.9 Å². The number of hydrogen-bond acceptors (Lipinski definition) is 5. The molecule has 0 N–H and O–H groups in total.